The highest BCUT2D eigenvalue weighted by Crippen LogP contribution is 2.37. The van der Waals surface area contributed by atoms with Crippen molar-refractivity contribution in [2.75, 3.05) is 0 Å². The molecule has 0 aromatic heterocycles. The van der Waals surface area contributed by atoms with Crippen LogP contribution in [-0.4, -0.2) is 13.0 Å². The minimum Gasteiger partial charge on any atom is -0.282 e. The molecule has 0 bridgehead atoms. The van der Waals surface area contributed by atoms with E-state index in [2.05, 4.69) is 0 Å². The molecule has 2 aromatic rings. The van der Waals surface area contributed by atoms with E-state index in [9.17, 15) is 13.0 Å². The van der Waals surface area contributed by atoms with Crippen molar-refractivity contribution in [2.45, 2.75) is 38.0 Å². The minimum atomic E-state index is -4.24. The van der Waals surface area contributed by atoms with Crippen LogP contribution in [0.25, 0.3) is 10.8 Å². The molecule has 4 heteroatoms. The maximum absolute atomic E-state index is 11.7. The molecule has 2 aromatic carbocycles. The first-order valence-electron chi connectivity index (χ1n) is 6.12. The van der Waals surface area contributed by atoms with Gasteiger partial charge in [-0.3, -0.25) is 4.55 Å². The Morgan fingerprint density at radius 3 is 2.21 bits per heavy atom. The quantitative estimate of drug-likeness (QED) is 0.809. The predicted octanol–water partition coefficient (Wildman–Crippen LogP) is 3.69. The maximum atomic E-state index is 11.7. The molecule has 0 unspecified atom stereocenters. The van der Waals surface area contributed by atoms with Gasteiger partial charge in [0.15, 0.2) is 0 Å². The van der Waals surface area contributed by atoms with E-state index in [1.807, 2.05) is 45.0 Å². The van der Waals surface area contributed by atoms with E-state index in [-0.39, 0.29) is 10.3 Å². The summed E-state index contributed by atoms with van der Waals surface area (Å²) in [7, 11) is -4.24. The number of hydrogen-bond acceptors (Lipinski definition) is 2. The van der Waals surface area contributed by atoms with E-state index in [1.165, 1.54) is 0 Å². The summed E-state index contributed by atoms with van der Waals surface area (Å²) in [6, 6.07) is 9.44. The molecule has 0 spiro atoms. The van der Waals surface area contributed by atoms with Gasteiger partial charge in [-0.05, 0) is 34.2 Å². The smallest absolute Gasteiger partial charge is 0.282 e. The van der Waals surface area contributed by atoms with Crippen LogP contribution in [0.3, 0.4) is 0 Å². The standard InChI is InChI=1S/C15H18O3S/c1-10-9-11-7-5-6-8-12(11)13(15(2,3)4)14(10)19(16,17)18/h5-9H,1-4H3,(H,16,17,18). The average Bonchev–Trinajstić information content (AvgIpc) is 2.24. The van der Waals surface area contributed by atoms with E-state index in [0.717, 1.165) is 10.8 Å². The van der Waals surface area contributed by atoms with Gasteiger partial charge in [-0.1, -0.05) is 51.1 Å². The Morgan fingerprint density at radius 1 is 1.11 bits per heavy atom. The van der Waals surface area contributed by atoms with Crippen molar-refractivity contribution in [3.8, 4) is 0 Å². The number of rotatable bonds is 1. The van der Waals surface area contributed by atoms with Gasteiger partial charge in [0.25, 0.3) is 10.1 Å². The molecular formula is C15H18O3S. The number of benzene rings is 2. The Hall–Kier alpha value is -1.39. The fourth-order valence-corrected chi connectivity index (χ4v) is 3.69. The summed E-state index contributed by atoms with van der Waals surface area (Å²) in [4.78, 5) is 0.0405. The van der Waals surface area contributed by atoms with Crippen LogP contribution in [0.4, 0.5) is 0 Å². The van der Waals surface area contributed by atoms with Crippen molar-refractivity contribution in [3.63, 3.8) is 0 Å². The normalized spacial score (nSPS) is 12.9. The first-order chi connectivity index (χ1) is 8.62. The second kappa shape index (κ2) is 4.32. The Labute approximate surface area is 114 Å². The SMILES string of the molecule is Cc1cc2ccccc2c(C(C)(C)C)c1S(=O)(=O)O. The molecule has 0 heterocycles. The fraction of sp³-hybridized carbons (Fsp3) is 0.333. The molecule has 0 atom stereocenters. The summed E-state index contributed by atoms with van der Waals surface area (Å²) in [6.07, 6.45) is 0. The van der Waals surface area contributed by atoms with Crippen molar-refractivity contribution < 1.29 is 13.0 Å². The first kappa shape index (κ1) is 14.0. The van der Waals surface area contributed by atoms with Crippen LogP contribution < -0.4 is 0 Å². The highest BCUT2D eigenvalue weighted by atomic mass is 32.2. The largest absolute Gasteiger partial charge is 0.295 e. The minimum absolute atomic E-state index is 0.0405. The molecule has 0 fully saturated rings. The Morgan fingerprint density at radius 2 is 1.68 bits per heavy atom. The molecule has 2 rings (SSSR count). The Bertz CT molecular complexity index is 738. The van der Waals surface area contributed by atoms with E-state index >= 15 is 0 Å². The molecule has 0 amide bonds. The Balaban J connectivity index is 3.08. The van der Waals surface area contributed by atoms with Crippen molar-refractivity contribution in [2.24, 2.45) is 0 Å². The lowest BCUT2D eigenvalue weighted by atomic mass is 9.82. The van der Waals surface area contributed by atoms with Gasteiger partial charge < -0.3 is 0 Å². The van der Waals surface area contributed by atoms with Crippen molar-refractivity contribution in [1.29, 1.82) is 0 Å². The highest BCUT2D eigenvalue weighted by Gasteiger charge is 2.28. The Kier molecular flexibility index (Phi) is 3.19. The van der Waals surface area contributed by atoms with Crippen LogP contribution in [0.2, 0.25) is 0 Å². The van der Waals surface area contributed by atoms with Crippen LogP contribution >= 0.6 is 0 Å². The third kappa shape index (κ3) is 2.51. The summed E-state index contributed by atoms with van der Waals surface area (Å²) in [6.45, 7) is 7.56. The van der Waals surface area contributed by atoms with E-state index in [1.54, 1.807) is 13.0 Å². The lowest BCUT2D eigenvalue weighted by Crippen LogP contribution is -2.18. The van der Waals surface area contributed by atoms with Crippen molar-refractivity contribution in [3.05, 3.63) is 41.5 Å². The van der Waals surface area contributed by atoms with Crippen LogP contribution in [0, 0.1) is 6.92 Å². The third-order valence-electron chi connectivity index (χ3n) is 3.20. The number of aryl methyl sites for hydroxylation is 1. The van der Waals surface area contributed by atoms with Crippen LogP contribution in [0.15, 0.2) is 35.2 Å². The van der Waals surface area contributed by atoms with E-state index in [0.29, 0.717) is 11.1 Å². The van der Waals surface area contributed by atoms with Gasteiger partial charge >= 0.3 is 0 Å². The van der Waals surface area contributed by atoms with Gasteiger partial charge in [0, 0.05) is 0 Å². The highest BCUT2D eigenvalue weighted by molar-refractivity contribution is 7.86. The second-order valence-electron chi connectivity index (χ2n) is 5.84. The third-order valence-corrected chi connectivity index (χ3v) is 4.24. The van der Waals surface area contributed by atoms with Gasteiger partial charge in [0.05, 0.1) is 0 Å². The monoisotopic (exact) mass is 278 g/mol. The predicted molar refractivity (Wildman–Crippen MR) is 77.2 cm³/mol. The van der Waals surface area contributed by atoms with E-state index in [4.69, 9.17) is 0 Å². The van der Waals surface area contributed by atoms with Gasteiger partial charge in [0.2, 0.25) is 0 Å². The summed E-state index contributed by atoms with van der Waals surface area (Å²) in [5.74, 6) is 0. The molecular weight excluding hydrogens is 260 g/mol. The van der Waals surface area contributed by atoms with Crippen molar-refractivity contribution >= 4 is 20.9 Å². The second-order valence-corrected chi connectivity index (χ2v) is 7.20. The van der Waals surface area contributed by atoms with Crippen LogP contribution in [-0.2, 0) is 15.5 Å². The average molecular weight is 278 g/mol. The maximum Gasteiger partial charge on any atom is 0.295 e. The molecule has 0 aliphatic rings. The molecule has 1 N–H and O–H groups in total. The van der Waals surface area contributed by atoms with E-state index < -0.39 is 10.1 Å². The topological polar surface area (TPSA) is 54.4 Å². The zero-order chi connectivity index (χ0) is 14.4. The fourth-order valence-electron chi connectivity index (χ4n) is 2.55. The lowest BCUT2D eigenvalue weighted by Gasteiger charge is -2.25. The zero-order valence-corrected chi connectivity index (χ0v) is 12.4. The summed E-state index contributed by atoms with van der Waals surface area (Å²) in [5, 5.41) is 1.85. The molecule has 0 saturated carbocycles. The molecule has 0 aliphatic heterocycles. The first-order valence-corrected chi connectivity index (χ1v) is 7.56. The number of hydrogen-bond donors (Lipinski definition) is 1. The molecule has 102 valence electrons. The zero-order valence-electron chi connectivity index (χ0n) is 11.6. The summed E-state index contributed by atoms with van der Waals surface area (Å²) in [5.41, 5.74) is 0.869. The molecule has 19 heavy (non-hydrogen) atoms. The van der Waals surface area contributed by atoms with Crippen LogP contribution in [0.1, 0.15) is 31.9 Å². The van der Waals surface area contributed by atoms with Gasteiger partial charge in [-0.15, -0.1) is 0 Å². The summed E-state index contributed by atoms with van der Waals surface area (Å²) >= 11 is 0. The van der Waals surface area contributed by atoms with Gasteiger partial charge in [-0.25, -0.2) is 0 Å². The lowest BCUT2D eigenvalue weighted by molar-refractivity contribution is 0.476. The van der Waals surface area contributed by atoms with Gasteiger partial charge in [-0.2, -0.15) is 8.42 Å². The molecule has 3 nitrogen and oxygen atoms in total. The molecule has 0 radical (unpaired) electrons. The molecule has 0 aliphatic carbocycles. The molecule has 0 saturated heterocycles. The number of fused-ring (bicyclic) bond motifs is 1. The van der Waals surface area contributed by atoms with Crippen LogP contribution in [0.5, 0.6) is 0 Å². The summed E-state index contributed by atoms with van der Waals surface area (Å²) < 4.78 is 33.0. The van der Waals surface area contributed by atoms with Gasteiger partial charge in [0.1, 0.15) is 4.90 Å². The van der Waals surface area contributed by atoms with Crippen molar-refractivity contribution in [1.82, 2.24) is 0 Å².